The van der Waals surface area contributed by atoms with Crippen molar-refractivity contribution in [2.45, 2.75) is 39.2 Å². The highest BCUT2D eigenvalue weighted by Crippen LogP contribution is 2.50. The molecular weight excluding hydrogens is 188 g/mol. The van der Waals surface area contributed by atoms with E-state index in [1.807, 2.05) is 0 Å². The SMILES string of the molecule is CC[C@H]1[C@H](C(=O)C(C)(C)O)[C@@H]2C=C[C@H]1C2. The van der Waals surface area contributed by atoms with Crippen LogP contribution in [-0.2, 0) is 4.79 Å². The Hall–Kier alpha value is -0.630. The molecule has 0 radical (unpaired) electrons. The minimum Gasteiger partial charge on any atom is -0.383 e. The zero-order valence-electron chi connectivity index (χ0n) is 9.73. The number of rotatable bonds is 3. The fourth-order valence-corrected chi connectivity index (χ4v) is 3.28. The number of allylic oxidation sites excluding steroid dienone is 2. The lowest BCUT2D eigenvalue weighted by molar-refractivity contribution is -0.140. The van der Waals surface area contributed by atoms with Gasteiger partial charge in [-0.05, 0) is 38.0 Å². The summed E-state index contributed by atoms with van der Waals surface area (Å²) in [7, 11) is 0. The molecule has 2 heteroatoms. The van der Waals surface area contributed by atoms with Crippen molar-refractivity contribution in [2.24, 2.45) is 23.7 Å². The number of fused-ring (bicyclic) bond motifs is 2. The monoisotopic (exact) mass is 208 g/mol. The molecule has 0 aromatic heterocycles. The molecule has 15 heavy (non-hydrogen) atoms. The van der Waals surface area contributed by atoms with Gasteiger partial charge >= 0.3 is 0 Å². The molecule has 0 heterocycles. The lowest BCUT2D eigenvalue weighted by Gasteiger charge is -2.30. The Labute approximate surface area is 91.4 Å². The second-order valence-electron chi connectivity index (χ2n) is 5.47. The third kappa shape index (κ3) is 1.65. The molecule has 2 bridgehead atoms. The van der Waals surface area contributed by atoms with Gasteiger partial charge in [-0.25, -0.2) is 0 Å². The molecule has 1 N–H and O–H groups in total. The van der Waals surface area contributed by atoms with Gasteiger partial charge in [0.2, 0.25) is 0 Å². The van der Waals surface area contributed by atoms with Gasteiger partial charge in [-0.2, -0.15) is 0 Å². The average Bonchev–Trinajstić information content (AvgIpc) is 2.73. The maximum atomic E-state index is 12.1. The quantitative estimate of drug-likeness (QED) is 0.722. The minimum atomic E-state index is -1.17. The van der Waals surface area contributed by atoms with Crippen LogP contribution in [0, 0.1) is 23.7 Å². The third-order valence-corrected chi connectivity index (χ3v) is 4.00. The summed E-state index contributed by atoms with van der Waals surface area (Å²) < 4.78 is 0. The van der Waals surface area contributed by atoms with Crippen LogP contribution in [0.5, 0.6) is 0 Å². The number of ketones is 1. The van der Waals surface area contributed by atoms with Gasteiger partial charge in [0.15, 0.2) is 5.78 Å². The van der Waals surface area contributed by atoms with Crippen LogP contribution >= 0.6 is 0 Å². The molecular formula is C13H20O2. The van der Waals surface area contributed by atoms with Crippen molar-refractivity contribution in [3.05, 3.63) is 12.2 Å². The first-order chi connectivity index (χ1) is 6.95. The summed E-state index contributed by atoms with van der Waals surface area (Å²) in [6, 6.07) is 0. The summed E-state index contributed by atoms with van der Waals surface area (Å²) in [6.45, 7) is 5.36. The first kappa shape index (κ1) is 10.9. The fourth-order valence-electron chi connectivity index (χ4n) is 3.28. The lowest BCUT2D eigenvalue weighted by atomic mass is 9.75. The van der Waals surface area contributed by atoms with Gasteiger partial charge in [0.05, 0.1) is 0 Å². The predicted molar refractivity (Wildman–Crippen MR) is 59.3 cm³/mol. The Morgan fingerprint density at radius 3 is 2.53 bits per heavy atom. The van der Waals surface area contributed by atoms with Crippen LogP contribution in [0.4, 0.5) is 0 Å². The molecule has 0 spiro atoms. The predicted octanol–water partition coefficient (Wildman–Crippen LogP) is 2.17. The molecule has 0 amide bonds. The van der Waals surface area contributed by atoms with E-state index >= 15 is 0 Å². The molecule has 1 fully saturated rings. The van der Waals surface area contributed by atoms with Crippen LogP contribution in [0.2, 0.25) is 0 Å². The minimum absolute atomic E-state index is 0.0335. The number of Topliss-reactive ketones (excluding diaryl/α,β-unsaturated/α-hetero) is 1. The molecule has 0 aliphatic heterocycles. The highest BCUT2D eigenvalue weighted by Gasteiger charge is 2.49. The van der Waals surface area contributed by atoms with Crippen molar-refractivity contribution < 1.29 is 9.90 Å². The van der Waals surface area contributed by atoms with Crippen LogP contribution in [0.1, 0.15) is 33.6 Å². The second-order valence-corrected chi connectivity index (χ2v) is 5.47. The van der Waals surface area contributed by atoms with Crippen molar-refractivity contribution in [1.82, 2.24) is 0 Å². The number of carbonyl (C=O) groups excluding carboxylic acids is 1. The van der Waals surface area contributed by atoms with E-state index in [1.54, 1.807) is 13.8 Å². The van der Waals surface area contributed by atoms with Gasteiger partial charge in [-0.3, -0.25) is 4.79 Å². The van der Waals surface area contributed by atoms with Crippen molar-refractivity contribution in [3.63, 3.8) is 0 Å². The zero-order valence-corrected chi connectivity index (χ0v) is 9.73. The number of carbonyl (C=O) groups is 1. The molecule has 4 atom stereocenters. The Morgan fingerprint density at radius 2 is 2.00 bits per heavy atom. The Kier molecular flexibility index (Phi) is 2.50. The topological polar surface area (TPSA) is 37.3 Å². The van der Waals surface area contributed by atoms with Crippen molar-refractivity contribution in [2.75, 3.05) is 0 Å². The Bertz CT molecular complexity index is 298. The first-order valence-corrected chi connectivity index (χ1v) is 5.90. The van der Waals surface area contributed by atoms with Gasteiger partial charge in [-0.15, -0.1) is 0 Å². The third-order valence-electron chi connectivity index (χ3n) is 4.00. The number of hydrogen-bond donors (Lipinski definition) is 1. The average molecular weight is 208 g/mol. The van der Waals surface area contributed by atoms with E-state index in [2.05, 4.69) is 19.1 Å². The van der Waals surface area contributed by atoms with Gasteiger partial charge in [-0.1, -0.05) is 25.5 Å². The molecule has 0 aromatic rings. The van der Waals surface area contributed by atoms with E-state index in [9.17, 15) is 9.90 Å². The fraction of sp³-hybridized carbons (Fsp3) is 0.769. The van der Waals surface area contributed by atoms with E-state index in [0.29, 0.717) is 17.8 Å². The summed E-state index contributed by atoms with van der Waals surface area (Å²) in [5, 5.41) is 9.81. The normalized spacial score (nSPS) is 38.7. The Balaban J connectivity index is 2.22. The maximum absolute atomic E-state index is 12.1. The van der Waals surface area contributed by atoms with E-state index in [0.717, 1.165) is 12.8 Å². The summed E-state index contributed by atoms with van der Waals surface area (Å²) in [5.41, 5.74) is -1.17. The molecule has 2 aliphatic rings. The van der Waals surface area contributed by atoms with Crippen LogP contribution in [0.3, 0.4) is 0 Å². The van der Waals surface area contributed by atoms with Crippen LogP contribution < -0.4 is 0 Å². The van der Waals surface area contributed by atoms with Gasteiger partial charge in [0.1, 0.15) is 5.60 Å². The van der Waals surface area contributed by atoms with Crippen molar-refractivity contribution in [1.29, 1.82) is 0 Å². The summed E-state index contributed by atoms with van der Waals surface area (Å²) in [4.78, 5) is 12.1. The summed E-state index contributed by atoms with van der Waals surface area (Å²) in [5.74, 6) is 1.52. The van der Waals surface area contributed by atoms with Crippen molar-refractivity contribution >= 4 is 5.78 Å². The highest BCUT2D eigenvalue weighted by atomic mass is 16.3. The second kappa shape index (κ2) is 3.44. The summed E-state index contributed by atoms with van der Waals surface area (Å²) in [6.07, 6.45) is 6.58. The molecule has 84 valence electrons. The van der Waals surface area contributed by atoms with E-state index in [4.69, 9.17) is 0 Å². The lowest BCUT2D eigenvalue weighted by Crippen LogP contribution is -2.41. The number of aliphatic hydroxyl groups is 1. The van der Waals surface area contributed by atoms with Gasteiger partial charge in [0.25, 0.3) is 0 Å². The highest BCUT2D eigenvalue weighted by molar-refractivity contribution is 5.89. The molecule has 2 rings (SSSR count). The van der Waals surface area contributed by atoms with Gasteiger partial charge in [0, 0.05) is 5.92 Å². The largest absolute Gasteiger partial charge is 0.383 e. The number of hydrogen-bond acceptors (Lipinski definition) is 2. The van der Waals surface area contributed by atoms with E-state index in [-0.39, 0.29) is 11.7 Å². The molecule has 0 aromatic carbocycles. The maximum Gasteiger partial charge on any atom is 0.167 e. The summed E-state index contributed by atoms with van der Waals surface area (Å²) >= 11 is 0. The molecule has 0 unspecified atom stereocenters. The van der Waals surface area contributed by atoms with Crippen LogP contribution in [0.15, 0.2) is 12.2 Å². The van der Waals surface area contributed by atoms with E-state index in [1.165, 1.54) is 0 Å². The van der Waals surface area contributed by atoms with Gasteiger partial charge < -0.3 is 5.11 Å². The first-order valence-electron chi connectivity index (χ1n) is 5.90. The van der Waals surface area contributed by atoms with E-state index < -0.39 is 5.60 Å². The standard InChI is InChI=1S/C13H20O2/c1-4-10-8-5-6-9(7-8)11(10)12(14)13(2,3)15/h5-6,8-11,15H,4,7H2,1-3H3/t8-,9+,10+,11+/m0/s1. The van der Waals surface area contributed by atoms with Crippen LogP contribution in [-0.4, -0.2) is 16.5 Å². The van der Waals surface area contributed by atoms with Crippen molar-refractivity contribution in [3.8, 4) is 0 Å². The zero-order chi connectivity index (χ0) is 11.2. The molecule has 2 aliphatic carbocycles. The van der Waals surface area contributed by atoms with Crippen LogP contribution in [0.25, 0.3) is 0 Å². The molecule has 0 saturated heterocycles. The Morgan fingerprint density at radius 1 is 1.40 bits per heavy atom. The molecule has 2 nitrogen and oxygen atoms in total. The smallest absolute Gasteiger partial charge is 0.167 e. The molecule has 1 saturated carbocycles.